The molecule has 0 heterocycles. The largest absolute Gasteiger partial charge is 0.573 e. The molecular formula is C34H26F6N6O8S2. The normalized spacial score (nSPS) is 21.8. The minimum atomic E-state index is -5.53. The van der Waals surface area contributed by atoms with Crippen LogP contribution in [0.4, 0.5) is 26.3 Å². The Labute approximate surface area is 312 Å². The van der Waals surface area contributed by atoms with Gasteiger partial charge in [0.2, 0.25) is 0 Å². The van der Waals surface area contributed by atoms with Crippen LogP contribution in [-0.4, -0.2) is 61.5 Å². The molecule has 14 nitrogen and oxygen atoms in total. The van der Waals surface area contributed by atoms with E-state index >= 15 is 0 Å². The van der Waals surface area contributed by atoms with Crippen LogP contribution in [0.5, 0.6) is 11.5 Å². The molecule has 2 atom stereocenters. The van der Waals surface area contributed by atoms with Crippen LogP contribution in [-0.2, 0) is 29.7 Å². The van der Waals surface area contributed by atoms with Crippen LogP contribution in [0, 0.1) is 10.8 Å². The summed E-state index contributed by atoms with van der Waals surface area (Å²) in [6.45, 7) is 0. The van der Waals surface area contributed by atoms with Gasteiger partial charge in [0.1, 0.15) is 11.5 Å². The number of nitrogens with two attached hydrogens (primary N) is 2. The molecule has 0 aromatic heterocycles. The van der Waals surface area contributed by atoms with E-state index in [2.05, 4.69) is 19.7 Å². The third kappa shape index (κ3) is 6.52. The Hall–Kier alpha value is -5.84. The van der Waals surface area contributed by atoms with Gasteiger partial charge < -0.3 is 21.2 Å². The van der Waals surface area contributed by atoms with Gasteiger partial charge in [-0.25, -0.2) is 0 Å². The lowest BCUT2D eigenvalue weighted by molar-refractivity contribution is -0.276. The van der Waals surface area contributed by atoms with Crippen molar-refractivity contribution in [2.75, 3.05) is 0 Å². The van der Waals surface area contributed by atoms with Crippen molar-refractivity contribution in [1.29, 1.82) is 10.8 Å². The summed E-state index contributed by atoms with van der Waals surface area (Å²) in [5.74, 6) is 8.35. The predicted molar refractivity (Wildman–Crippen MR) is 189 cm³/mol. The zero-order valence-electron chi connectivity index (χ0n) is 28.0. The summed E-state index contributed by atoms with van der Waals surface area (Å²) in [5.41, 5.74) is -5.07. The van der Waals surface area contributed by atoms with E-state index in [0.717, 1.165) is 36.4 Å². The molecule has 56 heavy (non-hydrogen) atoms. The Bertz CT molecular complexity index is 2440. The predicted octanol–water partition coefficient (Wildman–Crippen LogP) is 5.59. The number of ether oxygens (including phenoxy) is 2. The lowest BCUT2D eigenvalue weighted by atomic mass is 9.75. The Morgan fingerprint density at radius 3 is 1.23 bits per heavy atom. The van der Waals surface area contributed by atoms with Crippen LogP contribution in [0.15, 0.2) is 95.1 Å². The van der Waals surface area contributed by atoms with E-state index in [4.69, 9.17) is 22.5 Å². The van der Waals surface area contributed by atoms with Gasteiger partial charge in [-0.1, -0.05) is 72.8 Å². The van der Waals surface area contributed by atoms with Crippen molar-refractivity contribution in [2.24, 2.45) is 21.9 Å². The van der Waals surface area contributed by atoms with E-state index in [-0.39, 0.29) is 44.8 Å². The first-order chi connectivity index (χ1) is 26.0. The van der Waals surface area contributed by atoms with Crippen LogP contribution in [0.1, 0.15) is 46.2 Å². The standard InChI is InChI=1S/C34H26F6N6O8S2/c35-33(36,37)53-27-13-17(9-11-23(27)31(55(47,48)49)15-25(45-43)29(41)19-5-1-3-7-21(19)31)18-10-12-24(28(14-18)54-34(38,39)40)32(56(50,51)52)16-26(46-44)30(42)20-6-2-4-8-22(20)32/h1-14,41-42H,15-16,43-44H2,(H,47,48,49)(H,50,51,52)/b41-29?,42-30?,45-25-,46-26+. The monoisotopic (exact) mass is 824 g/mol. The van der Waals surface area contributed by atoms with Gasteiger partial charge >= 0.3 is 12.7 Å². The van der Waals surface area contributed by atoms with Crippen molar-refractivity contribution in [3.63, 3.8) is 0 Å². The highest BCUT2D eigenvalue weighted by molar-refractivity contribution is 7.87. The molecule has 0 amide bonds. The molecule has 0 aliphatic heterocycles. The minimum absolute atomic E-state index is 0.165. The maximum absolute atomic E-state index is 14.0. The number of rotatable bonds is 7. The minimum Gasteiger partial charge on any atom is -0.405 e. The molecule has 0 spiro atoms. The lowest BCUT2D eigenvalue weighted by Gasteiger charge is -2.38. The number of fused-ring (bicyclic) bond motifs is 2. The van der Waals surface area contributed by atoms with Gasteiger partial charge in [0, 0.05) is 35.1 Å². The van der Waals surface area contributed by atoms with Gasteiger partial charge in [-0.15, -0.1) is 26.3 Å². The average Bonchev–Trinajstić information content (AvgIpc) is 3.10. The van der Waals surface area contributed by atoms with E-state index < -0.39 is 89.3 Å². The van der Waals surface area contributed by atoms with E-state index in [0.29, 0.717) is 12.1 Å². The summed E-state index contributed by atoms with van der Waals surface area (Å²) in [4.78, 5) is 0. The molecule has 2 aliphatic rings. The first-order valence-corrected chi connectivity index (χ1v) is 18.5. The average molecular weight is 825 g/mol. The third-order valence-corrected chi connectivity index (χ3v) is 12.4. The van der Waals surface area contributed by atoms with E-state index in [1.165, 1.54) is 36.4 Å². The summed E-state index contributed by atoms with van der Waals surface area (Å²) in [5, 5.41) is 23.8. The summed E-state index contributed by atoms with van der Waals surface area (Å²) < 4.78 is 162. The van der Waals surface area contributed by atoms with Crippen LogP contribution >= 0.6 is 0 Å². The van der Waals surface area contributed by atoms with Gasteiger partial charge in [-0.2, -0.15) is 27.0 Å². The lowest BCUT2D eigenvalue weighted by Crippen LogP contribution is -2.46. The highest BCUT2D eigenvalue weighted by Gasteiger charge is 2.56. The summed E-state index contributed by atoms with van der Waals surface area (Å²) >= 11 is 0. The SMILES string of the molecule is N=C1/C(=N\N)CC(c2ccc(-c3ccc(C4(S(=O)(=O)O)C/C(=N\N)C(=N)c5ccccc54)c(OC(F)(F)F)c3)cc2OC(F)(F)F)(S(=O)(=O)O)c2ccccc21. The van der Waals surface area contributed by atoms with Crippen molar-refractivity contribution in [1.82, 2.24) is 0 Å². The zero-order chi connectivity index (χ0) is 41.2. The second kappa shape index (κ2) is 13.4. The van der Waals surface area contributed by atoms with E-state index in [9.17, 15) is 52.3 Å². The van der Waals surface area contributed by atoms with Crippen LogP contribution in [0.2, 0.25) is 0 Å². The molecule has 22 heteroatoms. The van der Waals surface area contributed by atoms with E-state index in [1.807, 2.05) is 0 Å². The quantitative estimate of drug-likeness (QED) is 0.0584. The smallest absolute Gasteiger partial charge is 0.405 e. The molecule has 0 saturated carbocycles. The van der Waals surface area contributed by atoms with E-state index in [1.54, 1.807) is 0 Å². The van der Waals surface area contributed by atoms with Crippen LogP contribution in [0.3, 0.4) is 0 Å². The maximum Gasteiger partial charge on any atom is 0.573 e. The Kier molecular flexibility index (Phi) is 9.55. The van der Waals surface area contributed by atoms with Crippen molar-refractivity contribution in [3.05, 3.63) is 118 Å². The molecule has 0 fully saturated rings. The second-order valence-electron chi connectivity index (χ2n) is 12.5. The fourth-order valence-corrected chi connectivity index (χ4v) is 9.63. The summed E-state index contributed by atoms with van der Waals surface area (Å²) in [7, 11) is -11.0. The fraction of sp³-hybridized carbons (Fsp3) is 0.176. The molecule has 294 valence electrons. The molecule has 0 saturated heterocycles. The van der Waals surface area contributed by atoms with Gasteiger partial charge in [0.05, 0.1) is 22.8 Å². The third-order valence-electron chi connectivity index (χ3n) is 9.48. The molecule has 8 N–H and O–H groups in total. The van der Waals surface area contributed by atoms with Crippen molar-refractivity contribution in [3.8, 4) is 22.6 Å². The highest BCUT2D eigenvalue weighted by atomic mass is 32.2. The molecule has 6 rings (SSSR count). The number of halogens is 6. The first-order valence-electron chi connectivity index (χ1n) is 15.6. The number of nitrogens with zero attached hydrogens (tertiary/aromatic N) is 2. The van der Waals surface area contributed by atoms with Gasteiger partial charge in [0.15, 0.2) is 9.49 Å². The topological polar surface area (TPSA) is 252 Å². The number of benzene rings is 4. The Morgan fingerprint density at radius 1 is 0.589 bits per heavy atom. The highest BCUT2D eigenvalue weighted by Crippen LogP contribution is 2.52. The molecular weight excluding hydrogens is 799 g/mol. The summed E-state index contributed by atoms with van der Waals surface area (Å²) in [6.07, 6.45) is -13.0. The van der Waals surface area contributed by atoms with Crippen LogP contribution < -0.4 is 21.2 Å². The number of nitrogens with one attached hydrogen (secondary N) is 2. The van der Waals surface area contributed by atoms with Crippen molar-refractivity contribution in [2.45, 2.75) is 35.1 Å². The Morgan fingerprint density at radius 2 is 0.929 bits per heavy atom. The molecule has 2 unspecified atom stereocenters. The second-order valence-corrected chi connectivity index (χ2v) is 15.8. The maximum atomic E-state index is 14.0. The summed E-state index contributed by atoms with van der Waals surface area (Å²) in [6, 6.07) is 14.9. The molecule has 0 bridgehead atoms. The number of hydrazone groups is 2. The van der Waals surface area contributed by atoms with Gasteiger partial charge in [0.25, 0.3) is 20.2 Å². The van der Waals surface area contributed by atoms with Crippen molar-refractivity contribution >= 4 is 43.1 Å². The molecule has 4 aromatic carbocycles. The number of hydrogen-bond donors (Lipinski definition) is 6. The van der Waals surface area contributed by atoms with Gasteiger partial charge in [-0.3, -0.25) is 19.9 Å². The first kappa shape index (κ1) is 39.8. The number of alkyl halides is 6. The van der Waals surface area contributed by atoms with Crippen molar-refractivity contribution < 1.29 is 61.8 Å². The van der Waals surface area contributed by atoms with Crippen LogP contribution in [0.25, 0.3) is 11.1 Å². The Balaban J connectivity index is 1.64. The zero-order valence-corrected chi connectivity index (χ0v) is 29.6. The number of hydrogen-bond acceptors (Lipinski definition) is 12. The molecule has 0 radical (unpaired) electrons. The fourth-order valence-electron chi connectivity index (χ4n) is 7.18. The molecule has 4 aromatic rings. The molecule has 2 aliphatic carbocycles. The van der Waals surface area contributed by atoms with Gasteiger partial charge in [-0.05, 0) is 34.4 Å².